The van der Waals surface area contributed by atoms with Gasteiger partial charge in [-0.2, -0.15) is 0 Å². The van der Waals surface area contributed by atoms with Gasteiger partial charge in [-0.1, -0.05) is 12.1 Å². The minimum atomic E-state index is 0.218. The summed E-state index contributed by atoms with van der Waals surface area (Å²) < 4.78 is 0. The molecule has 1 aromatic carbocycles. The second kappa shape index (κ2) is 5.73. The van der Waals surface area contributed by atoms with Gasteiger partial charge in [-0.05, 0) is 19.1 Å². The molecule has 0 amide bonds. The van der Waals surface area contributed by atoms with Crippen molar-refractivity contribution < 1.29 is 5.11 Å². The standard InChI is InChI=1S/C15H20N4O/c1-12(11-20)18-6-8-19(9-7-18)15-10-16-13-4-2-3-5-14(13)17-15/h2-5,10,12,20H,6-9,11H2,1H3. The summed E-state index contributed by atoms with van der Waals surface area (Å²) in [7, 11) is 0. The highest BCUT2D eigenvalue weighted by Crippen LogP contribution is 2.17. The topological polar surface area (TPSA) is 52.5 Å². The van der Waals surface area contributed by atoms with Crippen LogP contribution in [-0.4, -0.2) is 58.8 Å². The number of para-hydroxylation sites is 2. The molecule has 5 heteroatoms. The monoisotopic (exact) mass is 272 g/mol. The molecule has 3 rings (SSSR count). The van der Waals surface area contributed by atoms with Crippen molar-refractivity contribution in [1.82, 2.24) is 14.9 Å². The number of aliphatic hydroxyl groups excluding tert-OH is 1. The third-order valence-corrected chi connectivity index (χ3v) is 3.96. The van der Waals surface area contributed by atoms with Crippen molar-refractivity contribution in [3.8, 4) is 0 Å². The zero-order chi connectivity index (χ0) is 13.9. The first-order chi connectivity index (χ1) is 9.78. The Morgan fingerprint density at radius 2 is 1.85 bits per heavy atom. The SMILES string of the molecule is CC(CO)N1CCN(c2cnc3ccccc3n2)CC1. The van der Waals surface area contributed by atoms with Gasteiger partial charge in [0, 0.05) is 32.2 Å². The molecule has 0 bridgehead atoms. The van der Waals surface area contributed by atoms with Gasteiger partial charge in [-0.15, -0.1) is 0 Å². The van der Waals surface area contributed by atoms with E-state index in [0.717, 1.165) is 43.0 Å². The highest BCUT2D eigenvalue weighted by molar-refractivity contribution is 5.75. The van der Waals surface area contributed by atoms with Crippen LogP contribution in [0.5, 0.6) is 0 Å². The number of benzene rings is 1. The molecule has 5 nitrogen and oxygen atoms in total. The number of fused-ring (bicyclic) bond motifs is 1. The van der Waals surface area contributed by atoms with E-state index >= 15 is 0 Å². The zero-order valence-corrected chi connectivity index (χ0v) is 11.7. The van der Waals surface area contributed by atoms with E-state index < -0.39 is 0 Å². The molecule has 0 saturated carbocycles. The summed E-state index contributed by atoms with van der Waals surface area (Å²) in [5.41, 5.74) is 1.87. The average Bonchev–Trinajstić information content (AvgIpc) is 2.54. The van der Waals surface area contributed by atoms with Crippen LogP contribution in [0.25, 0.3) is 11.0 Å². The van der Waals surface area contributed by atoms with Gasteiger partial charge in [0.2, 0.25) is 0 Å². The summed E-state index contributed by atoms with van der Waals surface area (Å²) in [4.78, 5) is 13.7. The second-order valence-electron chi connectivity index (χ2n) is 5.27. The smallest absolute Gasteiger partial charge is 0.147 e. The normalized spacial score (nSPS) is 18.4. The number of aromatic nitrogens is 2. The Bertz CT molecular complexity index is 581. The molecule has 1 saturated heterocycles. The van der Waals surface area contributed by atoms with Gasteiger partial charge < -0.3 is 10.0 Å². The van der Waals surface area contributed by atoms with Gasteiger partial charge >= 0.3 is 0 Å². The van der Waals surface area contributed by atoms with E-state index in [1.807, 2.05) is 30.5 Å². The van der Waals surface area contributed by atoms with Crippen molar-refractivity contribution in [3.05, 3.63) is 30.5 Å². The predicted octanol–water partition coefficient (Wildman–Crippen LogP) is 1.13. The molecule has 20 heavy (non-hydrogen) atoms. The number of anilines is 1. The Hall–Kier alpha value is -1.72. The average molecular weight is 272 g/mol. The van der Waals surface area contributed by atoms with Gasteiger partial charge in [-0.3, -0.25) is 9.88 Å². The number of hydrogen-bond acceptors (Lipinski definition) is 5. The van der Waals surface area contributed by atoms with Crippen LogP contribution in [0.2, 0.25) is 0 Å². The number of rotatable bonds is 3. The lowest BCUT2D eigenvalue weighted by atomic mass is 10.2. The van der Waals surface area contributed by atoms with Crippen molar-refractivity contribution in [2.45, 2.75) is 13.0 Å². The maximum atomic E-state index is 9.21. The lowest BCUT2D eigenvalue weighted by Gasteiger charge is -2.37. The second-order valence-corrected chi connectivity index (χ2v) is 5.27. The Balaban J connectivity index is 1.73. The summed E-state index contributed by atoms with van der Waals surface area (Å²) in [6.07, 6.45) is 1.85. The molecule has 1 atom stereocenters. The van der Waals surface area contributed by atoms with E-state index in [4.69, 9.17) is 0 Å². The third-order valence-electron chi connectivity index (χ3n) is 3.96. The highest BCUT2D eigenvalue weighted by atomic mass is 16.3. The quantitative estimate of drug-likeness (QED) is 0.908. The minimum Gasteiger partial charge on any atom is -0.395 e. The molecular formula is C15H20N4O. The molecule has 1 N–H and O–H groups in total. The van der Waals surface area contributed by atoms with E-state index in [-0.39, 0.29) is 12.6 Å². The fraction of sp³-hybridized carbons (Fsp3) is 0.467. The summed E-state index contributed by atoms with van der Waals surface area (Å²) in [5, 5.41) is 9.21. The Morgan fingerprint density at radius 3 is 2.55 bits per heavy atom. The highest BCUT2D eigenvalue weighted by Gasteiger charge is 2.21. The Morgan fingerprint density at radius 1 is 1.15 bits per heavy atom. The van der Waals surface area contributed by atoms with Gasteiger partial charge in [0.1, 0.15) is 5.82 Å². The van der Waals surface area contributed by atoms with E-state index in [9.17, 15) is 5.11 Å². The van der Waals surface area contributed by atoms with Crippen LogP contribution in [0.1, 0.15) is 6.92 Å². The van der Waals surface area contributed by atoms with Gasteiger partial charge in [0.25, 0.3) is 0 Å². The lowest BCUT2D eigenvalue weighted by molar-refractivity contribution is 0.128. The van der Waals surface area contributed by atoms with Crippen LogP contribution in [0.4, 0.5) is 5.82 Å². The number of nitrogens with zero attached hydrogens (tertiary/aromatic N) is 4. The summed E-state index contributed by atoms with van der Waals surface area (Å²) in [6.45, 7) is 6.04. The maximum absolute atomic E-state index is 9.21. The summed E-state index contributed by atoms with van der Waals surface area (Å²) in [6, 6.07) is 8.18. The molecule has 0 aliphatic carbocycles. The Labute approximate surface area is 118 Å². The number of hydrogen-bond donors (Lipinski definition) is 1. The van der Waals surface area contributed by atoms with Crippen molar-refractivity contribution in [2.75, 3.05) is 37.7 Å². The molecule has 1 unspecified atom stereocenters. The largest absolute Gasteiger partial charge is 0.395 e. The molecule has 1 aliphatic rings. The maximum Gasteiger partial charge on any atom is 0.147 e. The van der Waals surface area contributed by atoms with Crippen LogP contribution >= 0.6 is 0 Å². The van der Waals surface area contributed by atoms with E-state index in [1.165, 1.54) is 0 Å². The molecule has 1 aromatic heterocycles. The number of aliphatic hydroxyl groups is 1. The molecule has 1 fully saturated rings. The molecule has 1 aliphatic heterocycles. The molecule has 106 valence electrons. The van der Waals surface area contributed by atoms with Crippen LogP contribution in [0, 0.1) is 0 Å². The van der Waals surface area contributed by atoms with Crippen LogP contribution < -0.4 is 4.90 Å². The molecule has 2 aromatic rings. The van der Waals surface area contributed by atoms with Crippen LogP contribution in [0.15, 0.2) is 30.5 Å². The van der Waals surface area contributed by atoms with Crippen molar-refractivity contribution in [3.63, 3.8) is 0 Å². The van der Waals surface area contributed by atoms with Crippen molar-refractivity contribution in [1.29, 1.82) is 0 Å². The number of piperazine rings is 1. The molecule has 0 radical (unpaired) electrons. The first-order valence-electron chi connectivity index (χ1n) is 7.09. The van der Waals surface area contributed by atoms with Gasteiger partial charge in [-0.25, -0.2) is 4.98 Å². The first kappa shape index (κ1) is 13.3. The fourth-order valence-corrected chi connectivity index (χ4v) is 2.61. The van der Waals surface area contributed by atoms with E-state index in [0.29, 0.717) is 0 Å². The summed E-state index contributed by atoms with van der Waals surface area (Å²) in [5.74, 6) is 0.944. The summed E-state index contributed by atoms with van der Waals surface area (Å²) >= 11 is 0. The lowest BCUT2D eigenvalue weighted by Crippen LogP contribution is -2.50. The Kier molecular flexibility index (Phi) is 3.80. The van der Waals surface area contributed by atoms with Gasteiger partial charge in [0.15, 0.2) is 0 Å². The van der Waals surface area contributed by atoms with Crippen molar-refractivity contribution >= 4 is 16.9 Å². The molecule has 2 heterocycles. The molecular weight excluding hydrogens is 252 g/mol. The fourth-order valence-electron chi connectivity index (χ4n) is 2.61. The van der Waals surface area contributed by atoms with Crippen molar-refractivity contribution in [2.24, 2.45) is 0 Å². The van der Waals surface area contributed by atoms with Crippen LogP contribution in [-0.2, 0) is 0 Å². The van der Waals surface area contributed by atoms with E-state index in [1.54, 1.807) is 0 Å². The molecule has 0 spiro atoms. The third kappa shape index (κ3) is 2.59. The van der Waals surface area contributed by atoms with Crippen LogP contribution in [0.3, 0.4) is 0 Å². The predicted molar refractivity (Wildman–Crippen MR) is 79.9 cm³/mol. The minimum absolute atomic E-state index is 0.218. The first-order valence-corrected chi connectivity index (χ1v) is 7.09. The van der Waals surface area contributed by atoms with Gasteiger partial charge in [0.05, 0.1) is 23.8 Å². The van der Waals surface area contributed by atoms with E-state index in [2.05, 4.69) is 26.7 Å². The zero-order valence-electron chi connectivity index (χ0n) is 11.7.